The van der Waals surface area contributed by atoms with E-state index in [-0.39, 0.29) is 6.54 Å². The second-order valence-electron chi connectivity index (χ2n) is 5.45. The quantitative estimate of drug-likeness (QED) is 0.729. The van der Waals surface area contributed by atoms with Crippen LogP contribution in [0.4, 0.5) is 0 Å². The van der Waals surface area contributed by atoms with Crippen LogP contribution in [0.5, 0.6) is 0 Å². The van der Waals surface area contributed by atoms with Gasteiger partial charge in [0.1, 0.15) is 24.4 Å². The molecule has 5 nitrogen and oxygen atoms in total. The highest BCUT2D eigenvalue weighted by atomic mass is 35.5. The number of hydrogen-bond donors (Lipinski definition) is 2. The van der Waals surface area contributed by atoms with E-state index in [2.05, 4.69) is 10.1 Å². The molecule has 3 rings (SSSR count). The molecule has 2 unspecified atom stereocenters. The van der Waals surface area contributed by atoms with Crippen molar-refractivity contribution in [2.24, 2.45) is 0 Å². The highest BCUT2D eigenvalue weighted by Gasteiger charge is 2.40. The lowest BCUT2D eigenvalue weighted by atomic mass is 9.84. The fraction of sp³-hybridized carbons (Fsp3) is 0.176. The summed E-state index contributed by atoms with van der Waals surface area (Å²) in [5, 5.41) is 27.2. The van der Waals surface area contributed by atoms with E-state index in [1.807, 2.05) is 0 Å². The van der Waals surface area contributed by atoms with Crippen molar-refractivity contribution >= 4 is 23.2 Å². The van der Waals surface area contributed by atoms with E-state index in [1.54, 1.807) is 48.5 Å². The Hall–Kier alpha value is -1.92. The molecule has 0 bridgehead atoms. The zero-order valence-electron chi connectivity index (χ0n) is 12.5. The van der Waals surface area contributed by atoms with Crippen LogP contribution >= 0.6 is 23.2 Å². The zero-order valence-corrected chi connectivity index (χ0v) is 14.1. The van der Waals surface area contributed by atoms with Crippen LogP contribution in [-0.4, -0.2) is 25.0 Å². The molecule has 0 spiro atoms. The summed E-state index contributed by atoms with van der Waals surface area (Å²) >= 11 is 12.1. The van der Waals surface area contributed by atoms with Gasteiger partial charge in [-0.2, -0.15) is 5.10 Å². The Morgan fingerprint density at radius 3 is 2.42 bits per heavy atom. The third-order valence-corrected chi connectivity index (χ3v) is 4.46. The highest BCUT2D eigenvalue weighted by Crippen LogP contribution is 2.39. The van der Waals surface area contributed by atoms with Crippen LogP contribution in [0.25, 0.3) is 0 Å². The fourth-order valence-electron chi connectivity index (χ4n) is 2.59. The van der Waals surface area contributed by atoms with E-state index < -0.39 is 11.7 Å². The first-order valence-corrected chi connectivity index (χ1v) is 7.99. The maximum atomic E-state index is 11.4. The number of aliphatic hydroxyl groups is 2. The molecular formula is C17H15Cl2N3O2. The number of aliphatic hydroxyl groups excluding tert-OH is 1. The molecule has 2 N–H and O–H groups in total. The van der Waals surface area contributed by atoms with Gasteiger partial charge in [-0.3, -0.25) is 0 Å². The normalized spacial score (nSPS) is 15.0. The number of aromatic nitrogens is 3. The van der Waals surface area contributed by atoms with Crippen molar-refractivity contribution in [1.82, 2.24) is 14.8 Å². The van der Waals surface area contributed by atoms with Crippen molar-refractivity contribution in [3.05, 3.63) is 82.4 Å². The summed E-state index contributed by atoms with van der Waals surface area (Å²) in [5.41, 5.74) is -0.741. The summed E-state index contributed by atoms with van der Waals surface area (Å²) in [5.74, 6) is 0. The molecule has 0 saturated carbocycles. The minimum Gasteiger partial charge on any atom is -0.385 e. The highest BCUT2D eigenvalue weighted by molar-refractivity contribution is 6.31. The molecule has 24 heavy (non-hydrogen) atoms. The van der Waals surface area contributed by atoms with Crippen LogP contribution < -0.4 is 0 Å². The molecule has 0 radical (unpaired) electrons. The first kappa shape index (κ1) is 16.9. The standard InChI is InChI=1S/C17H15Cl2N3O2/c18-13-7-5-12(6-8-13)17(24,9-22-11-20-10-21-22)16(23)14-3-1-2-4-15(14)19/h1-8,10-11,16,23-24H,9H2. The topological polar surface area (TPSA) is 71.2 Å². The summed E-state index contributed by atoms with van der Waals surface area (Å²) in [6, 6.07) is 13.5. The predicted molar refractivity (Wildman–Crippen MR) is 91.8 cm³/mol. The van der Waals surface area contributed by atoms with Crippen LogP contribution in [0, 0.1) is 0 Å². The number of hydrogen-bond acceptors (Lipinski definition) is 4. The van der Waals surface area contributed by atoms with Crippen molar-refractivity contribution in [3.63, 3.8) is 0 Å². The van der Waals surface area contributed by atoms with Crippen LogP contribution in [0.2, 0.25) is 10.0 Å². The van der Waals surface area contributed by atoms with Crippen molar-refractivity contribution in [2.45, 2.75) is 18.2 Å². The van der Waals surface area contributed by atoms with Gasteiger partial charge in [-0.05, 0) is 23.8 Å². The molecule has 2 atom stereocenters. The Bertz CT molecular complexity index is 809. The minimum absolute atomic E-state index is 0.00101. The second-order valence-corrected chi connectivity index (χ2v) is 6.29. The van der Waals surface area contributed by atoms with Crippen molar-refractivity contribution in [3.8, 4) is 0 Å². The van der Waals surface area contributed by atoms with E-state index in [4.69, 9.17) is 23.2 Å². The van der Waals surface area contributed by atoms with E-state index in [0.29, 0.717) is 21.2 Å². The Kier molecular flexibility index (Phi) is 4.87. The van der Waals surface area contributed by atoms with Gasteiger partial charge in [0, 0.05) is 15.6 Å². The van der Waals surface area contributed by atoms with Crippen molar-refractivity contribution in [1.29, 1.82) is 0 Å². The van der Waals surface area contributed by atoms with Gasteiger partial charge < -0.3 is 10.2 Å². The summed E-state index contributed by atoms with van der Waals surface area (Å²) in [6.45, 7) is 0.00101. The number of halogens is 2. The summed E-state index contributed by atoms with van der Waals surface area (Å²) in [4.78, 5) is 3.88. The van der Waals surface area contributed by atoms with Gasteiger partial charge in [0.25, 0.3) is 0 Å². The van der Waals surface area contributed by atoms with Gasteiger partial charge in [0.15, 0.2) is 0 Å². The predicted octanol–water partition coefficient (Wildman–Crippen LogP) is 3.21. The molecule has 0 fully saturated rings. The SMILES string of the molecule is OC(c1ccccc1Cl)C(O)(Cn1cncn1)c1ccc(Cl)cc1. The molecule has 0 aliphatic carbocycles. The zero-order chi connectivity index (χ0) is 17.2. The molecule has 1 aromatic heterocycles. The van der Waals surface area contributed by atoms with E-state index in [0.717, 1.165) is 0 Å². The van der Waals surface area contributed by atoms with E-state index >= 15 is 0 Å². The van der Waals surface area contributed by atoms with Crippen LogP contribution in [-0.2, 0) is 12.1 Å². The van der Waals surface area contributed by atoms with Gasteiger partial charge in [-0.15, -0.1) is 0 Å². The van der Waals surface area contributed by atoms with Crippen molar-refractivity contribution < 1.29 is 10.2 Å². The molecule has 0 aliphatic heterocycles. The molecule has 124 valence electrons. The maximum absolute atomic E-state index is 11.4. The van der Waals surface area contributed by atoms with Gasteiger partial charge in [0.05, 0.1) is 6.54 Å². The number of benzene rings is 2. The average molecular weight is 364 g/mol. The fourth-order valence-corrected chi connectivity index (χ4v) is 2.95. The molecule has 0 saturated heterocycles. The lowest BCUT2D eigenvalue weighted by Crippen LogP contribution is -2.38. The lowest BCUT2D eigenvalue weighted by Gasteiger charge is -2.34. The Labute approximate surface area is 149 Å². The summed E-state index contributed by atoms with van der Waals surface area (Å²) < 4.78 is 1.45. The molecule has 1 heterocycles. The molecule has 2 aromatic carbocycles. The first-order valence-electron chi connectivity index (χ1n) is 7.24. The molecule has 0 amide bonds. The third kappa shape index (κ3) is 3.30. The van der Waals surface area contributed by atoms with Crippen LogP contribution in [0.1, 0.15) is 17.2 Å². The summed E-state index contributed by atoms with van der Waals surface area (Å²) in [7, 11) is 0. The molecular weight excluding hydrogens is 349 g/mol. The largest absolute Gasteiger partial charge is 0.385 e. The van der Waals surface area contributed by atoms with Gasteiger partial charge in [-0.1, -0.05) is 53.5 Å². The Balaban J connectivity index is 2.07. The van der Waals surface area contributed by atoms with Gasteiger partial charge in [-0.25, -0.2) is 9.67 Å². The van der Waals surface area contributed by atoms with Crippen LogP contribution in [0.15, 0.2) is 61.2 Å². The smallest absolute Gasteiger partial charge is 0.139 e. The molecule has 7 heteroatoms. The lowest BCUT2D eigenvalue weighted by molar-refractivity contribution is -0.0964. The third-order valence-electron chi connectivity index (χ3n) is 3.87. The van der Waals surface area contributed by atoms with E-state index in [1.165, 1.54) is 17.3 Å². The summed E-state index contributed by atoms with van der Waals surface area (Å²) in [6.07, 6.45) is 1.57. The minimum atomic E-state index is -1.66. The van der Waals surface area contributed by atoms with E-state index in [9.17, 15) is 10.2 Å². The Morgan fingerprint density at radius 2 is 1.79 bits per heavy atom. The molecule has 0 aliphatic rings. The number of rotatable bonds is 5. The number of nitrogens with zero attached hydrogens (tertiary/aromatic N) is 3. The monoisotopic (exact) mass is 363 g/mol. The Morgan fingerprint density at radius 1 is 1.08 bits per heavy atom. The maximum Gasteiger partial charge on any atom is 0.139 e. The second kappa shape index (κ2) is 6.91. The van der Waals surface area contributed by atoms with Gasteiger partial charge >= 0.3 is 0 Å². The first-order chi connectivity index (χ1) is 11.5. The average Bonchev–Trinajstić information content (AvgIpc) is 3.08. The van der Waals surface area contributed by atoms with Crippen LogP contribution in [0.3, 0.4) is 0 Å². The van der Waals surface area contributed by atoms with Crippen molar-refractivity contribution in [2.75, 3.05) is 0 Å². The molecule has 3 aromatic rings. The van der Waals surface area contributed by atoms with Gasteiger partial charge in [0.2, 0.25) is 0 Å².